The highest BCUT2D eigenvalue weighted by molar-refractivity contribution is 5.93. The Kier molecular flexibility index (Phi) is 5.87. The average Bonchev–Trinajstić information content (AvgIpc) is 2.36. The number of aromatic nitrogens is 1. The van der Waals surface area contributed by atoms with Crippen molar-refractivity contribution in [1.29, 1.82) is 0 Å². The van der Waals surface area contributed by atoms with Crippen LogP contribution in [0.1, 0.15) is 23.7 Å². The number of ether oxygens (including phenoxy) is 1. The Morgan fingerprint density at radius 1 is 1.53 bits per heavy atom. The number of amides is 1. The molecule has 1 aromatic heterocycles. The molecule has 1 rings (SSSR count). The molecule has 0 spiro atoms. The summed E-state index contributed by atoms with van der Waals surface area (Å²) in [6.07, 6.45) is 0.313. The van der Waals surface area contributed by atoms with Crippen LogP contribution in [0.25, 0.3) is 0 Å². The van der Waals surface area contributed by atoms with Gasteiger partial charge in [-0.25, -0.2) is 4.98 Å². The van der Waals surface area contributed by atoms with Gasteiger partial charge in [-0.3, -0.25) is 9.59 Å². The van der Waals surface area contributed by atoms with Crippen LogP contribution in [-0.4, -0.2) is 41.2 Å². The minimum Gasteiger partial charge on any atom is -0.481 e. The predicted octanol–water partition coefficient (Wildman–Crippen LogP) is 0.830. The monoisotopic (exact) mass is 270 g/mol. The van der Waals surface area contributed by atoms with Crippen molar-refractivity contribution in [2.24, 2.45) is 0 Å². The SMILES string of the molecule is CCOC(CNC(=O)c1ccc(F)nc1)CC(=O)O. The van der Waals surface area contributed by atoms with Crippen molar-refractivity contribution in [3.8, 4) is 0 Å². The molecule has 0 aliphatic rings. The Morgan fingerprint density at radius 3 is 2.79 bits per heavy atom. The van der Waals surface area contributed by atoms with E-state index >= 15 is 0 Å². The van der Waals surface area contributed by atoms with E-state index in [2.05, 4.69) is 10.3 Å². The van der Waals surface area contributed by atoms with Gasteiger partial charge in [-0.05, 0) is 19.1 Å². The van der Waals surface area contributed by atoms with Crippen LogP contribution in [0, 0.1) is 5.95 Å². The van der Waals surface area contributed by atoms with Crippen molar-refractivity contribution in [3.05, 3.63) is 29.8 Å². The van der Waals surface area contributed by atoms with E-state index in [0.29, 0.717) is 6.61 Å². The normalized spacial score (nSPS) is 11.9. The number of halogens is 1. The summed E-state index contributed by atoms with van der Waals surface area (Å²) >= 11 is 0. The van der Waals surface area contributed by atoms with Crippen molar-refractivity contribution in [2.75, 3.05) is 13.2 Å². The van der Waals surface area contributed by atoms with E-state index < -0.39 is 23.9 Å². The molecule has 6 nitrogen and oxygen atoms in total. The Balaban J connectivity index is 2.51. The summed E-state index contributed by atoms with van der Waals surface area (Å²) < 4.78 is 17.8. The molecule has 1 amide bonds. The number of carboxylic acids is 1. The molecule has 1 aromatic rings. The molecule has 7 heteroatoms. The number of pyridine rings is 1. The largest absolute Gasteiger partial charge is 0.481 e. The zero-order valence-electron chi connectivity index (χ0n) is 10.4. The Morgan fingerprint density at radius 2 is 2.26 bits per heavy atom. The summed E-state index contributed by atoms with van der Waals surface area (Å²) in [6.45, 7) is 2.16. The first kappa shape index (κ1) is 15.0. The number of carboxylic acid groups (broad SMARTS) is 1. The van der Waals surface area contributed by atoms with Gasteiger partial charge >= 0.3 is 5.97 Å². The van der Waals surface area contributed by atoms with Gasteiger partial charge in [0.15, 0.2) is 0 Å². The minimum absolute atomic E-state index is 0.0658. The van der Waals surface area contributed by atoms with Gasteiger partial charge in [0.1, 0.15) is 0 Å². The lowest BCUT2D eigenvalue weighted by Gasteiger charge is -2.15. The van der Waals surface area contributed by atoms with Crippen LogP contribution in [0.5, 0.6) is 0 Å². The maximum Gasteiger partial charge on any atom is 0.306 e. The van der Waals surface area contributed by atoms with Gasteiger partial charge in [-0.15, -0.1) is 0 Å². The van der Waals surface area contributed by atoms with Gasteiger partial charge in [0.2, 0.25) is 5.95 Å². The number of nitrogens with one attached hydrogen (secondary N) is 1. The second kappa shape index (κ2) is 7.42. The standard InChI is InChI=1S/C12H15FN2O4/c1-2-19-9(5-11(16)17)7-15-12(18)8-3-4-10(13)14-6-8/h3-4,6,9H,2,5,7H2,1H3,(H,15,18)(H,16,17). The molecule has 104 valence electrons. The molecule has 0 aliphatic heterocycles. The summed E-state index contributed by atoms with van der Waals surface area (Å²) in [5, 5.41) is 11.2. The molecule has 0 saturated heterocycles. The molecule has 1 unspecified atom stereocenters. The van der Waals surface area contributed by atoms with Crippen molar-refractivity contribution < 1.29 is 23.8 Å². The van der Waals surface area contributed by atoms with E-state index in [4.69, 9.17) is 9.84 Å². The van der Waals surface area contributed by atoms with Gasteiger partial charge in [0.05, 0.1) is 18.1 Å². The highest BCUT2D eigenvalue weighted by atomic mass is 19.1. The first-order valence-corrected chi connectivity index (χ1v) is 5.76. The summed E-state index contributed by atoms with van der Waals surface area (Å²) in [7, 11) is 0. The van der Waals surface area contributed by atoms with E-state index in [-0.39, 0.29) is 18.5 Å². The second-order valence-corrected chi connectivity index (χ2v) is 3.75. The third-order valence-electron chi connectivity index (χ3n) is 2.28. The van der Waals surface area contributed by atoms with Crippen LogP contribution < -0.4 is 5.32 Å². The molecular weight excluding hydrogens is 255 g/mol. The van der Waals surface area contributed by atoms with Crippen molar-refractivity contribution in [2.45, 2.75) is 19.4 Å². The quantitative estimate of drug-likeness (QED) is 0.716. The van der Waals surface area contributed by atoms with Gasteiger partial charge in [-0.2, -0.15) is 4.39 Å². The molecule has 19 heavy (non-hydrogen) atoms. The van der Waals surface area contributed by atoms with Crippen LogP contribution in [0.3, 0.4) is 0 Å². The summed E-state index contributed by atoms with van der Waals surface area (Å²) in [4.78, 5) is 25.6. The highest BCUT2D eigenvalue weighted by Crippen LogP contribution is 2.01. The Bertz CT molecular complexity index is 436. The fraction of sp³-hybridized carbons (Fsp3) is 0.417. The van der Waals surface area contributed by atoms with Crippen LogP contribution in [0.2, 0.25) is 0 Å². The third kappa shape index (κ3) is 5.43. The van der Waals surface area contributed by atoms with E-state index in [0.717, 1.165) is 12.3 Å². The van der Waals surface area contributed by atoms with Crippen molar-refractivity contribution in [3.63, 3.8) is 0 Å². The molecular formula is C12H15FN2O4. The van der Waals surface area contributed by atoms with Crippen molar-refractivity contribution >= 4 is 11.9 Å². The summed E-state index contributed by atoms with van der Waals surface area (Å²) in [6, 6.07) is 2.37. The first-order chi connectivity index (χ1) is 9.02. The summed E-state index contributed by atoms with van der Waals surface area (Å²) in [5.74, 6) is -2.13. The van der Waals surface area contributed by atoms with Crippen LogP contribution in [-0.2, 0) is 9.53 Å². The number of carbonyl (C=O) groups excluding carboxylic acids is 1. The highest BCUT2D eigenvalue weighted by Gasteiger charge is 2.15. The molecule has 0 fully saturated rings. The van der Waals surface area contributed by atoms with Crippen molar-refractivity contribution in [1.82, 2.24) is 10.3 Å². The van der Waals surface area contributed by atoms with Crippen LogP contribution in [0.4, 0.5) is 4.39 Å². The number of hydrogen-bond donors (Lipinski definition) is 2. The van der Waals surface area contributed by atoms with Gasteiger partial charge in [-0.1, -0.05) is 0 Å². The maximum atomic E-state index is 12.6. The Hall–Kier alpha value is -2.02. The molecule has 0 saturated carbocycles. The molecule has 0 bridgehead atoms. The number of hydrogen-bond acceptors (Lipinski definition) is 4. The summed E-state index contributed by atoms with van der Waals surface area (Å²) in [5.41, 5.74) is 0.201. The smallest absolute Gasteiger partial charge is 0.306 e. The number of aliphatic carboxylic acids is 1. The fourth-order valence-corrected chi connectivity index (χ4v) is 1.44. The van der Waals surface area contributed by atoms with Crippen LogP contribution >= 0.6 is 0 Å². The van der Waals surface area contributed by atoms with Gasteiger partial charge in [0.25, 0.3) is 5.91 Å². The third-order valence-corrected chi connectivity index (χ3v) is 2.28. The van der Waals surface area contributed by atoms with Gasteiger partial charge < -0.3 is 15.2 Å². The van der Waals surface area contributed by atoms with E-state index in [1.165, 1.54) is 6.07 Å². The number of rotatable bonds is 7. The zero-order chi connectivity index (χ0) is 14.3. The van der Waals surface area contributed by atoms with Crippen LogP contribution in [0.15, 0.2) is 18.3 Å². The van der Waals surface area contributed by atoms with E-state index in [1.807, 2.05) is 0 Å². The van der Waals surface area contributed by atoms with E-state index in [1.54, 1.807) is 6.92 Å². The molecule has 0 aromatic carbocycles. The lowest BCUT2D eigenvalue weighted by Crippen LogP contribution is -2.35. The number of nitrogens with zero attached hydrogens (tertiary/aromatic N) is 1. The second-order valence-electron chi connectivity index (χ2n) is 3.75. The Labute approximate surface area is 109 Å². The molecule has 2 N–H and O–H groups in total. The maximum absolute atomic E-state index is 12.6. The molecule has 1 atom stereocenters. The fourth-order valence-electron chi connectivity index (χ4n) is 1.44. The predicted molar refractivity (Wildman–Crippen MR) is 64.2 cm³/mol. The first-order valence-electron chi connectivity index (χ1n) is 5.76. The van der Waals surface area contributed by atoms with Gasteiger partial charge in [0, 0.05) is 19.3 Å². The minimum atomic E-state index is -1.00. The molecule has 0 radical (unpaired) electrons. The topological polar surface area (TPSA) is 88.5 Å². The lowest BCUT2D eigenvalue weighted by molar-refractivity contribution is -0.140. The lowest BCUT2D eigenvalue weighted by atomic mass is 10.2. The zero-order valence-corrected chi connectivity index (χ0v) is 10.4. The number of carbonyl (C=O) groups is 2. The molecule has 1 heterocycles. The average molecular weight is 270 g/mol. The molecule has 0 aliphatic carbocycles. The van der Waals surface area contributed by atoms with E-state index in [9.17, 15) is 14.0 Å².